The summed E-state index contributed by atoms with van der Waals surface area (Å²) in [5.74, 6) is 0.0785. The summed E-state index contributed by atoms with van der Waals surface area (Å²) in [4.78, 5) is 71.9. The van der Waals surface area contributed by atoms with Gasteiger partial charge in [-0.05, 0) is 43.4 Å². The van der Waals surface area contributed by atoms with Gasteiger partial charge in [0.2, 0.25) is 0 Å². The van der Waals surface area contributed by atoms with Gasteiger partial charge in [0.05, 0.1) is 26.4 Å². The molecule has 0 saturated carbocycles. The summed E-state index contributed by atoms with van der Waals surface area (Å²) in [5.41, 5.74) is 0. The van der Waals surface area contributed by atoms with Gasteiger partial charge in [0.1, 0.15) is 19.3 Å². The summed E-state index contributed by atoms with van der Waals surface area (Å²) in [7, 11) is -9.88. The molecule has 0 spiro atoms. The van der Waals surface area contributed by atoms with Crippen molar-refractivity contribution in [1.29, 1.82) is 0 Å². The summed E-state index contributed by atoms with van der Waals surface area (Å²) in [6.45, 7) is 11.6. The summed E-state index contributed by atoms with van der Waals surface area (Å²) < 4.78 is 67.8. The van der Waals surface area contributed by atoms with E-state index in [4.69, 9.17) is 37.0 Å². The third-order valence-corrected chi connectivity index (χ3v) is 16.9. The van der Waals surface area contributed by atoms with Crippen LogP contribution in [-0.4, -0.2) is 96.7 Å². The third-order valence-electron chi connectivity index (χ3n) is 15.0. The molecule has 83 heavy (non-hydrogen) atoms. The van der Waals surface area contributed by atoms with Gasteiger partial charge in [-0.3, -0.25) is 37.3 Å². The van der Waals surface area contributed by atoms with E-state index in [9.17, 15) is 43.2 Å². The zero-order valence-electron chi connectivity index (χ0n) is 53.6. The molecule has 492 valence electrons. The second kappa shape index (κ2) is 55.4. The molecule has 0 aliphatic rings. The maximum atomic E-state index is 13.0. The number of hydrogen-bond donors (Lipinski definition) is 3. The van der Waals surface area contributed by atoms with Crippen molar-refractivity contribution in [3.63, 3.8) is 0 Å². The van der Waals surface area contributed by atoms with Gasteiger partial charge in [-0.1, -0.05) is 260 Å². The number of hydrogen-bond acceptors (Lipinski definition) is 15. The van der Waals surface area contributed by atoms with Crippen LogP contribution in [0.3, 0.4) is 0 Å². The van der Waals surface area contributed by atoms with Gasteiger partial charge in [0.25, 0.3) is 0 Å². The predicted molar refractivity (Wildman–Crippen MR) is 331 cm³/mol. The molecule has 0 fully saturated rings. The van der Waals surface area contributed by atoms with E-state index < -0.39 is 97.5 Å². The Balaban J connectivity index is 5.14. The minimum atomic E-state index is -4.94. The molecule has 0 aromatic rings. The van der Waals surface area contributed by atoms with Crippen molar-refractivity contribution in [3.05, 3.63) is 0 Å². The highest BCUT2D eigenvalue weighted by atomic mass is 31.2. The molecule has 3 unspecified atom stereocenters. The Kier molecular flexibility index (Phi) is 54.1. The number of aliphatic hydroxyl groups excluding tert-OH is 1. The fourth-order valence-electron chi connectivity index (χ4n) is 9.45. The third kappa shape index (κ3) is 57.6. The number of phosphoric ester groups is 2. The van der Waals surface area contributed by atoms with E-state index in [2.05, 4.69) is 48.5 Å². The number of esters is 4. The first-order valence-corrected chi connectivity index (χ1v) is 36.4. The number of aliphatic hydroxyl groups is 1. The smallest absolute Gasteiger partial charge is 0.462 e. The lowest BCUT2D eigenvalue weighted by Crippen LogP contribution is -2.30. The van der Waals surface area contributed by atoms with Crippen molar-refractivity contribution in [3.8, 4) is 0 Å². The fraction of sp³-hybridized carbons (Fsp3) is 0.938. The molecular formula is C64H124O17P2. The monoisotopic (exact) mass is 1230 g/mol. The average Bonchev–Trinajstić information content (AvgIpc) is 3.45. The van der Waals surface area contributed by atoms with Gasteiger partial charge in [0.15, 0.2) is 12.2 Å². The minimum absolute atomic E-state index is 0.102. The van der Waals surface area contributed by atoms with Crippen LogP contribution >= 0.6 is 15.6 Å². The SMILES string of the molecule is CCCCCCCC(=O)OC[C@H](COP(=O)(O)OC[C@H](O)COP(=O)(O)OC[C@@H](COC(=O)CCCCCCCCCC(C)C)OC(=O)CCCCCCCCCCCCCCCCCC(C)C)OC(=O)CCCCCCCCC(C)CC. The van der Waals surface area contributed by atoms with Crippen molar-refractivity contribution in [2.45, 2.75) is 330 Å². The standard InChI is InChI=1S/C64H124O17P2/c1-8-10-11-28-38-45-61(66)74-51-59(81-64(69)48-41-34-27-26-31-37-44-57(7)9-2)53-78-82(70,71)76-49-58(65)50-77-83(72,73)79-54-60(52-75-62(67)46-39-32-25-21-23-30-36-43-56(5)6)80-63(68)47-40-33-24-20-18-16-14-12-13-15-17-19-22-29-35-42-55(3)4/h55-60,65H,8-54H2,1-7H3,(H,70,71)(H,72,73)/t57?,58-,59+,60+/m0/s1. The number of carbonyl (C=O) groups excluding carboxylic acids is 4. The molecule has 6 atom stereocenters. The molecule has 0 radical (unpaired) electrons. The second-order valence-corrected chi connectivity index (χ2v) is 27.3. The van der Waals surface area contributed by atoms with E-state index in [1.54, 1.807) is 0 Å². The van der Waals surface area contributed by atoms with Crippen LogP contribution in [0.15, 0.2) is 0 Å². The lowest BCUT2D eigenvalue weighted by Gasteiger charge is -2.21. The van der Waals surface area contributed by atoms with Gasteiger partial charge < -0.3 is 33.8 Å². The number of ether oxygens (including phenoxy) is 4. The van der Waals surface area contributed by atoms with Crippen LogP contribution in [0.1, 0.15) is 312 Å². The molecule has 0 amide bonds. The van der Waals surface area contributed by atoms with Crippen molar-refractivity contribution in [2.75, 3.05) is 39.6 Å². The minimum Gasteiger partial charge on any atom is -0.462 e. The zero-order valence-corrected chi connectivity index (χ0v) is 55.4. The average molecular weight is 1230 g/mol. The molecule has 0 aliphatic heterocycles. The molecule has 0 bridgehead atoms. The first-order valence-electron chi connectivity index (χ1n) is 33.4. The Morgan fingerprint density at radius 2 is 0.614 bits per heavy atom. The molecule has 0 rings (SSSR count). The highest BCUT2D eigenvalue weighted by Crippen LogP contribution is 2.45. The van der Waals surface area contributed by atoms with Crippen LogP contribution in [0.4, 0.5) is 0 Å². The molecule has 0 aliphatic carbocycles. The topological polar surface area (TPSA) is 237 Å². The highest BCUT2D eigenvalue weighted by molar-refractivity contribution is 7.47. The predicted octanol–water partition coefficient (Wildman–Crippen LogP) is 17.5. The summed E-state index contributed by atoms with van der Waals surface area (Å²) in [6, 6.07) is 0. The lowest BCUT2D eigenvalue weighted by atomic mass is 10.00. The van der Waals surface area contributed by atoms with E-state index in [0.717, 1.165) is 115 Å². The second-order valence-electron chi connectivity index (χ2n) is 24.3. The summed E-state index contributed by atoms with van der Waals surface area (Å²) >= 11 is 0. The van der Waals surface area contributed by atoms with E-state index in [0.29, 0.717) is 31.6 Å². The Morgan fingerprint density at radius 1 is 0.349 bits per heavy atom. The van der Waals surface area contributed by atoms with Crippen molar-refractivity contribution in [1.82, 2.24) is 0 Å². The van der Waals surface area contributed by atoms with Gasteiger partial charge in [-0.2, -0.15) is 0 Å². The van der Waals surface area contributed by atoms with Crippen LogP contribution in [-0.2, 0) is 65.4 Å². The lowest BCUT2D eigenvalue weighted by molar-refractivity contribution is -0.161. The van der Waals surface area contributed by atoms with Crippen molar-refractivity contribution >= 4 is 39.5 Å². The quantitative estimate of drug-likeness (QED) is 0.0222. The molecule has 0 heterocycles. The van der Waals surface area contributed by atoms with Crippen molar-refractivity contribution in [2.24, 2.45) is 17.8 Å². The zero-order chi connectivity index (χ0) is 61.7. The van der Waals surface area contributed by atoms with Crippen LogP contribution < -0.4 is 0 Å². The molecular weight excluding hydrogens is 1100 g/mol. The molecule has 0 aromatic carbocycles. The Morgan fingerprint density at radius 3 is 0.916 bits per heavy atom. The Bertz CT molecular complexity index is 1650. The molecule has 17 nitrogen and oxygen atoms in total. The normalized spacial score (nSPS) is 14.7. The van der Waals surface area contributed by atoms with Gasteiger partial charge in [-0.25, -0.2) is 9.13 Å². The largest absolute Gasteiger partial charge is 0.472 e. The van der Waals surface area contributed by atoms with Crippen molar-refractivity contribution < 1.29 is 80.2 Å². The molecule has 0 aromatic heterocycles. The summed E-state index contributed by atoms with van der Waals surface area (Å²) in [6.07, 6.45) is 36.7. The van der Waals surface area contributed by atoms with Crippen LogP contribution in [0.25, 0.3) is 0 Å². The van der Waals surface area contributed by atoms with Crippen LogP contribution in [0, 0.1) is 17.8 Å². The Labute approximate surface area is 505 Å². The highest BCUT2D eigenvalue weighted by Gasteiger charge is 2.30. The maximum absolute atomic E-state index is 13.0. The molecule has 3 N–H and O–H groups in total. The number of phosphoric acid groups is 2. The maximum Gasteiger partial charge on any atom is 0.472 e. The van der Waals surface area contributed by atoms with E-state index in [1.165, 1.54) is 109 Å². The van der Waals surface area contributed by atoms with Gasteiger partial charge in [0, 0.05) is 25.7 Å². The fourth-order valence-corrected chi connectivity index (χ4v) is 11.0. The van der Waals surface area contributed by atoms with E-state index >= 15 is 0 Å². The van der Waals surface area contributed by atoms with Crippen LogP contribution in [0.5, 0.6) is 0 Å². The number of rotatable bonds is 62. The van der Waals surface area contributed by atoms with Gasteiger partial charge >= 0.3 is 39.5 Å². The number of unbranched alkanes of at least 4 members (excludes halogenated alkanes) is 29. The molecule has 0 saturated heterocycles. The summed E-state index contributed by atoms with van der Waals surface area (Å²) in [5, 5.41) is 10.5. The number of carbonyl (C=O) groups is 4. The van der Waals surface area contributed by atoms with Gasteiger partial charge in [-0.15, -0.1) is 0 Å². The van der Waals surface area contributed by atoms with Crippen LogP contribution in [0.2, 0.25) is 0 Å². The van der Waals surface area contributed by atoms with E-state index in [1.807, 2.05) is 0 Å². The first-order chi connectivity index (χ1) is 39.8. The molecule has 19 heteroatoms. The van der Waals surface area contributed by atoms with E-state index in [-0.39, 0.29) is 25.7 Å². The first kappa shape index (κ1) is 81.1. The Hall–Kier alpha value is -1.94.